The quantitative estimate of drug-likeness (QED) is 0.266. The summed E-state index contributed by atoms with van der Waals surface area (Å²) in [5.41, 5.74) is 5.35. The lowest BCUT2D eigenvalue weighted by Crippen LogP contribution is -2.34. The molecule has 2 atom stereocenters. The van der Waals surface area contributed by atoms with Gasteiger partial charge in [-0.05, 0) is 82.5 Å². The number of aryl methyl sites for hydroxylation is 1. The number of benzene rings is 1. The number of aromatic amines is 1. The van der Waals surface area contributed by atoms with Crippen molar-refractivity contribution in [1.29, 1.82) is 0 Å². The fourth-order valence-corrected chi connectivity index (χ4v) is 6.49. The lowest BCUT2D eigenvalue weighted by Gasteiger charge is -2.30. The molecule has 0 radical (unpaired) electrons. The highest BCUT2D eigenvalue weighted by molar-refractivity contribution is 5.69. The van der Waals surface area contributed by atoms with Crippen molar-refractivity contribution in [3.05, 3.63) is 70.7 Å². The van der Waals surface area contributed by atoms with Gasteiger partial charge in [0.15, 0.2) is 5.82 Å². The van der Waals surface area contributed by atoms with Crippen molar-refractivity contribution >= 4 is 0 Å². The molecular weight excluding hydrogens is 486 g/mol. The number of aromatic nitrogens is 7. The molecule has 1 aliphatic carbocycles. The molecule has 1 aliphatic rings. The first-order chi connectivity index (χ1) is 18.9. The Morgan fingerprint density at radius 3 is 2.31 bits per heavy atom. The summed E-state index contributed by atoms with van der Waals surface area (Å²) in [5, 5.41) is 14.2. The van der Waals surface area contributed by atoms with E-state index in [1.165, 1.54) is 12.8 Å². The van der Waals surface area contributed by atoms with E-state index < -0.39 is 0 Å². The molecule has 1 aromatic carbocycles. The molecule has 0 aliphatic heterocycles. The summed E-state index contributed by atoms with van der Waals surface area (Å²) in [6, 6.07) is 10.5. The van der Waals surface area contributed by atoms with Crippen LogP contribution in [-0.4, -0.2) is 34.7 Å². The summed E-state index contributed by atoms with van der Waals surface area (Å²) in [4.78, 5) is 18.6. The van der Waals surface area contributed by atoms with Crippen LogP contribution in [0.1, 0.15) is 77.6 Å². The van der Waals surface area contributed by atoms with Crippen molar-refractivity contribution in [2.75, 3.05) is 0 Å². The normalized spacial score (nSPS) is 19.4. The zero-order valence-electron chi connectivity index (χ0n) is 23.8. The molecule has 4 aromatic rings. The standard InChI is InChI=1S/C31H41N7O/c1-6-7-8-25-19-38(29-26(20(2)3)13-14-27(29)21(4)5)31(39)37(25)18-24-17-32-16-15-28(24)22-9-11-23(12-10-22)30-33-35-36-34-30/h9-12,15-17,19-21,26-27,29H,6-8,13-14,18H2,1-5H3,(H,33,34,35,36). The van der Waals surface area contributed by atoms with Gasteiger partial charge in [-0.3, -0.25) is 14.1 Å². The minimum Gasteiger partial charge on any atom is -0.295 e. The van der Waals surface area contributed by atoms with Crippen LogP contribution in [0, 0.1) is 23.7 Å². The number of hydrogen-bond acceptors (Lipinski definition) is 5. The van der Waals surface area contributed by atoms with Crippen LogP contribution in [-0.2, 0) is 13.0 Å². The maximum atomic E-state index is 14.2. The number of pyridine rings is 1. The van der Waals surface area contributed by atoms with Crippen LogP contribution in [0.2, 0.25) is 0 Å². The molecule has 0 bridgehead atoms. The molecule has 206 valence electrons. The molecule has 0 spiro atoms. The monoisotopic (exact) mass is 527 g/mol. The predicted octanol–water partition coefficient (Wildman–Crippen LogP) is 6.16. The number of hydrogen-bond donors (Lipinski definition) is 1. The van der Waals surface area contributed by atoms with Crippen molar-refractivity contribution < 1.29 is 0 Å². The third-order valence-corrected chi connectivity index (χ3v) is 8.66. The molecule has 2 unspecified atom stereocenters. The first kappa shape index (κ1) is 27.0. The molecule has 1 saturated carbocycles. The lowest BCUT2D eigenvalue weighted by atomic mass is 9.84. The van der Waals surface area contributed by atoms with Gasteiger partial charge in [0.05, 0.1) is 6.54 Å². The van der Waals surface area contributed by atoms with Crippen molar-refractivity contribution in [2.45, 2.75) is 79.3 Å². The first-order valence-corrected chi connectivity index (χ1v) is 14.5. The maximum Gasteiger partial charge on any atom is 0.328 e. The molecule has 1 N–H and O–H groups in total. The number of nitrogens with one attached hydrogen (secondary N) is 1. The first-order valence-electron chi connectivity index (χ1n) is 14.5. The van der Waals surface area contributed by atoms with Gasteiger partial charge in [-0.25, -0.2) is 9.89 Å². The SMILES string of the molecule is CCCCc1cn(C2C(C(C)C)CCC2C(C)C)c(=O)n1Cc1cnccc1-c1ccc(-c2nnn[nH]2)cc1. The number of rotatable bonds is 10. The van der Waals surface area contributed by atoms with E-state index in [1.807, 2.05) is 35.2 Å². The van der Waals surface area contributed by atoms with Crippen LogP contribution in [0.5, 0.6) is 0 Å². The zero-order chi connectivity index (χ0) is 27.5. The molecule has 3 aromatic heterocycles. The topological polar surface area (TPSA) is 94.3 Å². The summed E-state index contributed by atoms with van der Waals surface area (Å²) in [6.07, 6.45) is 11.4. The van der Waals surface area contributed by atoms with Crippen LogP contribution in [0.15, 0.2) is 53.7 Å². The van der Waals surface area contributed by atoms with Gasteiger partial charge in [-0.15, -0.1) is 5.10 Å². The van der Waals surface area contributed by atoms with E-state index in [-0.39, 0.29) is 11.7 Å². The molecule has 0 amide bonds. The van der Waals surface area contributed by atoms with E-state index in [2.05, 4.69) is 83.1 Å². The Morgan fingerprint density at radius 2 is 1.69 bits per heavy atom. The maximum absolute atomic E-state index is 14.2. The van der Waals surface area contributed by atoms with E-state index in [1.54, 1.807) is 0 Å². The van der Waals surface area contributed by atoms with Gasteiger partial charge in [-0.1, -0.05) is 65.3 Å². The van der Waals surface area contributed by atoms with Gasteiger partial charge in [0.1, 0.15) is 0 Å². The van der Waals surface area contributed by atoms with Crippen molar-refractivity contribution in [3.8, 4) is 22.5 Å². The molecule has 39 heavy (non-hydrogen) atoms. The minimum atomic E-state index is 0.118. The Hall–Kier alpha value is -3.55. The lowest BCUT2D eigenvalue weighted by molar-refractivity contribution is 0.212. The number of unbranched alkanes of at least 4 members (excludes halogenated alkanes) is 1. The fraction of sp³-hybridized carbons (Fsp3) is 0.516. The van der Waals surface area contributed by atoms with Gasteiger partial charge in [0.2, 0.25) is 0 Å². The smallest absolute Gasteiger partial charge is 0.295 e. The van der Waals surface area contributed by atoms with Crippen molar-refractivity contribution in [3.63, 3.8) is 0 Å². The third-order valence-electron chi connectivity index (χ3n) is 8.66. The Morgan fingerprint density at radius 1 is 1.00 bits per heavy atom. The number of imidazole rings is 1. The Kier molecular flexibility index (Phi) is 8.10. The van der Waals surface area contributed by atoms with E-state index in [4.69, 9.17) is 0 Å². The summed E-state index contributed by atoms with van der Waals surface area (Å²) in [7, 11) is 0. The Labute approximate surface area is 230 Å². The van der Waals surface area contributed by atoms with Gasteiger partial charge in [0, 0.05) is 35.9 Å². The molecule has 8 nitrogen and oxygen atoms in total. The molecular formula is C31H41N7O. The van der Waals surface area contributed by atoms with Crippen LogP contribution in [0.3, 0.4) is 0 Å². The predicted molar refractivity (Wildman–Crippen MR) is 154 cm³/mol. The third kappa shape index (κ3) is 5.47. The molecule has 3 heterocycles. The summed E-state index contributed by atoms with van der Waals surface area (Å²) >= 11 is 0. The van der Waals surface area contributed by atoms with E-state index in [9.17, 15) is 4.79 Å². The van der Waals surface area contributed by atoms with Gasteiger partial charge in [-0.2, -0.15) is 0 Å². The second kappa shape index (κ2) is 11.7. The van der Waals surface area contributed by atoms with Crippen LogP contribution in [0.25, 0.3) is 22.5 Å². The second-order valence-electron chi connectivity index (χ2n) is 11.7. The zero-order valence-corrected chi connectivity index (χ0v) is 23.8. The molecule has 1 fully saturated rings. The molecule has 0 saturated heterocycles. The van der Waals surface area contributed by atoms with Gasteiger partial charge >= 0.3 is 5.69 Å². The molecule has 5 rings (SSSR count). The van der Waals surface area contributed by atoms with Crippen molar-refractivity contribution in [1.82, 2.24) is 34.7 Å². The Balaban J connectivity index is 1.52. The van der Waals surface area contributed by atoms with E-state index in [0.717, 1.165) is 47.2 Å². The fourth-order valence-electron chi connectivity index (χ4n) is 6.49. The van der Waals surface area contributed by atoms with Gasteiger partial charge in [0.25, 0.3) is 0 Å². The highest BCUT2D eigenvalue weighted by Gasteiger charge is 2.41. The Bertz CT molecular complexity index is 1400. The summed E-state index contributed by atoms with van der Waals surface area (Å²) in [6.45, 7) is 12.0. The minimum absolute atomic E-state index is 0.118. The van der Waals surface area contributed by atoms with Crippen molar-refractivity contribution in [2.24, 2.45) is 23.7 Å². The van der Waals surface area contributed by atoms with Crippen LogP contribution < -0.4 is 5.69 Å². The molecule has 8 heteroatoms. The van der Waals surface area contributed by atoms with E-state index in [0.29, 0.717) is 36.0 Å². The van der Waals surface area contributed by atoms with E-state index >= 15 is 0 Å². The summed E-state index contributed by atoms with van der Waals surface area (Å²) in [5.74, 6) is 2.78. The summed E-state index contributed by atoms with van der Waals surface area (Å²) < 4.78 is 4.13. The second-order valence-corrected chi connectivity index (χ2v) is 11.7. The number of tetrazole rings is 1. The van der Waals surface area contributed by atoms with Gasteiger partial charge < -0.3 is 0 Å². The highest BCUT2D eigenvalue weighted by atomic mass is 16.1. The number of nitrogens with zero attached hydrogens (tertiary/aromatic N) is 6. The average Bonchev–Trinajstić information content (AvgIpc) is 3.68. The van der Waals surface area contributed by atoms with Crippen LogP contribution in [0.4, 0.5) is 0 Å². The number of H-pyrrole nitrogens is 1. The largest absolute Gasteiger partial charge is 0.328 e. The van der Waals surface area contributed by atoms with Crippen LogP contribution >= 0.6 is 0 Å². The average molecular weight is 528 g/mol. The highest BCUT2D eigenvalue weighted by Crippen LogP contribution is 2.47.